The molecule has 0 unspecified atom stereocenters. The van der Waals surface area contributed by atoms with Crippen molar-refractivity contribution < 1.29 is 9.47 Å². The molecule has 1 aromatic heterocycles. The maximum atomic E-state index is 11.1. The van der Waals surface area contributed by atoms with Crippen LogP contribution < -0.4 is 20.5 Å². The van der Waals surface area contributed by atoms with Gasteiger partial charge < -0.3 is 9.47 Å². The highest BCUT2D eigenvalue weighted by Gasteiger charge is 2.12. The van der Waals surface area contributed by atoms with Gasteiger partial charge in [-0.05, 0) is 47.5 Å². The van der Waals surface area contributed by atoms with Crippen molar-refractivity contribution >= 4 is 28.1 Å². The van der Waals surface area contributed by atoms with Gasteiger partial charge in [-0.25, -0.2) is 5.43 Å². The number of aromatic amines is 1. The fourth-order valence-corrected chi connectivity index (χ4v) is 2.25. The number of ether oxygens (including phenoxy) is 2. The Morgan fingerprint density at radius 1 is 1.43 bits per heavy atom. The number of halogens is 1. The summed E-state index contributed by atoms with van der Waals surface area (Å²) in [6.45, 7) is 3.87. The first-order chi connectivity index (χ1) is 11.0. The van der Waals surface area contributed by atoms with Gasteiger partial charge in [-0.3, -0.25) is 9.78 Å². The summed E-state index contributed by atoms with van der Waals surface area (Å²) in [4.78, 5) is 13.5. The minimum absolute atomic E-state index is 0.0230. The van der Waals surface area contributed by atoms with Gasteiger partial charge in [-0.2, -0.15) is 5.10 Å². The van der Waals surface area contributed by atoms with Crippen LogP contribution in [0.5, 0.6) is 11.5 Å². The topological polar surface area (TPSA) is 101 Å². The molecule has 0 bridgehead atoms. The fourth-order valence-electron chi connectivity index (χ4n) is 1.70. The second-order valence-corrected chi connectivity index (χ2v) is 5.61. The summed E-state index contributed by atoms with van der Waals surface area (Å²) in [5.41, 5.74) is 2.99. The van der Waals surface area contributed by atoms with Crippen LogP contribution in [-0.2, 0) is 0 Å². The molecule has 0 amide bonds. The molecule has 23 heavy (non-hydrogen) atoms. The normalized spacial score (nSPS) is 11.0. The Morgan fingerprint density at radius 3 is 2.87 bits per heavy atom. The number of hydrogen-bond donors (Lipinski definition) is 2. The first-order valence-electron chi connectivity index (χ1n) is 6.75. The van der Waals surface area contributed by atoms with Crippen molar-refractivity contribution in [2.75, 3.05) is 12.5 Å². The molecule has 1 heterocycles. The van der Waals surface area contributed by atoms with Crippen LogP contribution in [0.2, 0.25) is 0 Å². The van der Waals surface area contributed by atoms with Gasteiger partial charge in [-0.15, -0.1) is 10.2 Å². The van der Waals surface area contributed by atoms with E-state index < -0.39 is 0 Å². The molecule has 2 aromatic rings. The van der Waals surface area contributed by atoms with Gasteiger partial charge in [0.2, 0.25) is 5.95 Å². The molecule has 0 atom stereocenters. The third-order valence-corrected chi connectivity index (χ3v) is 3.15. The van der Waals surface area contributed by atoms with Crippen LogP contribution in [0.3, 0.4) is 0 Å². The molecule has 0 fully saturated rings. The summed E-state index contributed by atoms with van der Waals surface area (Å²) in [5, 5.41) is 11.2. The molecule has 8 nitrogen and oxygen atoms in total. The number of anilines is 1. The van der Waals surface area contributed by atoms with Crippen LogP contribution in [0.25, 0.3) is 0 Å². The zero-order valence-electron chi connectivity index (χ0n) is 12.8. The van der Waals surface area contributed by atoms with E-state index >= 15 is 0 Å². The lowest BCUT2D eigenvalue weighted by Crippen LogP contribution is -2.10. The predicted molar refractivity (Wildman–Crippen MR) is 90.3 cm³/mol. The van der Waals surface area contributed by atoms with Crippen molar-refractivity contribution in [2.24, 2.45) is 5.10 Å². The first kappa shape index (κ1) is 16.9. The number of H-pyrrole nitrogens is 1. The number of rotatable bonds is 6. The van der Waals surface area contributed by atoms with E-state index in [4.69, 9.17) is 9.47 Å². The van der Waals surface area contributed by atoms with E-state index in [1.54, 1.807) is 19.4 Å². The molecule has 2 rings (SSSR count). The molecular weight excluding hydrogens is 366 g/mol. The number of benzene rings is 1. The molecule has 0 radical (unpaired) electrons. The van der Waals surface area contributed by atoms with Crippen LogP contribution >= 0.6 is 15.9 Å². The van der Waals surface area contributed by atoms with Crippen molar-refractivity contribution in [3.63, 3.8) is 0 Å². The number of nitrogens with zero attached hydrogens (tertiary/aromatic N) is 3. The second-order valence-electron chi connectivity index (χ2n) is 4.75. The van der Waals surface area contributed by atoms with E-state index in [2.05, 4.69) is 41.6 Å². The van der Waals surface area contributed by atoms with E-state index in [0.29, 0.717) is 11.5 Å². The average molecular weight is 382 g/mol. The van der Waals surface area contributed by atoms with Gasteiger partial charge in [-0.1, -0.05) is 0 Å². The highest BCUT2D eigenvalue weighted by molar-refractivity contribution is 9.10. The smallest absolute Gasteiger partial charge is 0.271 e. The predicted octanol–water partition coefficient (Wildman–Crippen LogP) is 2.17. The van der Waals surface area contributed by atoms with Crippen LogP contribution in [0, 0.1) is 0 Å². The van der Waals surface area contributed by atoms with E-state index in [-0.39, 0.29) is 17.6 Å². The van der Waals surface area contributed by atoms with E-state index in [0.717, 1.165) is 16.2 Å². The summed E-state index contributed by atoms with van der Waals surface area (Å²) < 4.78 is 11.8. The minimum Gasteiger partial charge on any atom is -0.493 e. The van der Waals surface area contributed by atoms with Crippen molar-refractivity contribution in [3.8, 4) is 11.5 Å². The monoisotopic (exact) mass is 381 g/mol. The zero-order chi connectivity index (χ0) is 16.8. The summed E-state index contributed by atoms with van der Waals surface area (Å²) in [7, 11) is 1.57. The average Bonchev–Trinajstić information content (AvgIpc) is 2.49. The number of aromatic nitrogens is 3. The van der Waals surface area contributed by atoms with Gasteiger partial charge in [0.1, 0.15) is 6.20 Å². The Hall–Kier alpha value is -2.42. The molecule has 0 saturated heterocycles. The summed E-state index contributed by atoms with van der Waals surface area (Å²) in [6, 6.07) is 3.62. The quantitative estimate of drug-likeness (QED) is 0.587. The molecule has 2 N–H and O–H groups in total. The zero-order valence-corrected chi connectivity index (χ0v) is 14.4. The molecule has 0 aliphatic carbocycles. The lowest BCUT2D eigenvalue weighted by molar-refractivity contribution is 0.228. The van der Waals surface area contributed by atoms with Crippen molar-refractivity contribution in [1.29, 1.82) is 0 Å². The van der Waals surface area contributed by atoms with Gasteiger partial charge in [0.05, 0.1) is 23.9 Å². The van der Waals surface area contributed by atoms with E-state index in [1.165, 1.54) is 0 Å². The number of methoxy groups -OCH3 is 1. The Labute approximate surface area is 141 Å². The Bertz CT molecular complexity index is 760. The van der Waals surface area contributed by atoms with Crippen LogP contribution in [-0.4, -0.2) is 34.6 Å². The molecule has 0 saturated carbocycles. The third kappa shape index (κ3) is 4.78. The second kappa shape index (κ2) is 7.73. The first-order valence-corrected chi connectivity index (χ1v) is 7.54. The molecule has 0 spiro atoms. The fraction of sp³-hybridized carbons (Fsp3) is 0.286. The van der Waals surface area contributed by atoms with Gasteiger partial charge in [0.25, 0.3) is 5.56 Å². The van der Waals surface area contributed by atoms with E-state index in [9.17, 15) is 4.79 Å². The lowest BCUT2D eigenvalue weighted by atomic mass is 10.2. The maximum Gasteiger partial charge on any atom is 0.271 e. The summed E-state index contributed by atoms with van der Waals surface area (Å²) >= 11 is 3.46. The third-order valence-electron chi connectivity index (χ3n) is 2.56. The number of hydrogen-bond acceptors (Lipinski definition) is 7. The Morgan fingerprint density at radius 2 is 2.22 bits per heavy atom. The van der Waals surface area contributed by atoms with Crippen molar-refractivity contribution in [1.82, 2.24) is 15.2 Å². The van der Waals surface area contributed by atoms with Gasteiger partial charge in [0, 0.05) is 0 Å². The van der Waals surface area contributed by atoms with Crippen LogP contribution in [0.4, 0.5) is 5.95 Å². The number of hydrazone groups is 1. The summed E-state index contributed by atoms with van der Waals surface area (Å²) in [5.74, 6) is 1.37. The molecule has 0 aliphatic rings. The van der Waals surface area contributed by atoms with Gasteiger partial charge >= 0.3 is 0 Å². The minimum atomic E-state index is -0.364. The van der Waals surface area contributed by atoms with Gasteiger partial charge in [0.15, 0.2) is 11.5 Å². The molecule has 9 heteroatoms. The highest BCUT2D eigenvalue weighted by atomic mass is 79.9. The highest BCUT2D eigenvalue weighted by Crippen LogP contribution is 2.36. The van der Waals surface area contributed by atoms with Crippen LogP contribution in [0.15, 0.2) is 32.7 Å². The number of nitrogens with one attached hydrogen (secondary N) is 2. The lowest BCUT2D eigenvalue weighted by Gasteiger charge is -2.15. The molecule has 1 aromatic carbocycles. The van der Waals surface area contributed by atoms with Crippen molar-refractivity contribution in [2.45, 2.75) is 20.0 Å². The molecule has 0 aliphatic heterocycles. The SMILES string of the molecule is COc1cc(/C=N/Nc2nncc(=O)[nH]2)cc(Br)c1OC(C)C. The molecular formula is C14H16BrN5O3. The molecule has 122 valence electrons. The maximum absolute atomic E-state index is 11.1. The van der Waals surface area contributed by atoms with Crippen LogP contribution in [0.1, 0.15) is 19.4 Å². The standard InChI is InChI=1S/C14H16BrN5O3/c1-8(2)23-13-10(15)4-9(5-11(13)22-3)6-16-19-14-18-12(21)7-17-20-14/h4-8H,1-3H3,(H2,18,19,20,21)/b16-6+. The largest absolute Gasteiger partial charge is 0.493 e. The van der Waals surface area contributed by atoms with Crippen molar-refractivity contribution in [3.05, 3.63) is 38.7 Å². The Balaban J connectivity index is 2.18. The Kier molecular flexibility index (Phi) is 5.69. The van der Waals surface area contributed by atoms with E-state index in [1.807, 2.05) is 19.9 Å². The summed E-state index contributed by atoms with van der Waals surface area (Å²) in [6.07, 6.45) is 2.65.